The van der Waals surface area contributed by atoms with E-state index in [1.165, 1.54) is 19.1 Å². The van der Waals surface area contributed by atoms with Gasteiger partial charge in [-0.05, 0) is 49.2 Å². The van der Waals surface area contributed by atoms with Crippen molar-refractivity contribution in [2.45, 2.75) is 28.9 Å². The number of hydrogen-bond donors (Lipinski definition) is 0. The first kappa shape index (κ1) is 15.8. The number of halogens is 3. The minimum Gasteiger partial charge on any atom is -0.490 e. The monoisotopic (exact) mass is 370 g/mol. The fourth-order valence-electron chi connectivity index (χ4n) is 3.90. The molecule has 2 unspecified atom stereocenters. The highest BCUT2D eigenvalue weighted by molar-refractivity contribution is 7.92. The van der Waals surface area contributed by atoms with Crippen LogP contribution in [0.25, 0.3) is 0 Å². The molecule has 2 aliphatic heterocycles. The van der Waals surface area contributed by atoms with E-state index in [1.54, 1.807) is 6.07 Å². The minimum atomic E-state index is -3.94. The zero-order chi connectivity index (χ0) is 17.3. The van der Waals surface area contributed by atoms with Gasteiger partial charge in [0.05, 0.1) is 17.1 Å². The van der Waals surface area contributed by atoms with Gasteiger partial charge >= 0.3 is 0 Å². The molecule has 2 atom stereocenters. The van der Waals surface area contributed by atoms with Gasteiger partial charge in [0.25, 0.3) is 0 Å². The van der Waals surface area contributed by atoms with Crippen LogP contribution in [0.2, 0.25) is 5.02 Å². The summed E-state index contributed by atoms with van der Waals surface area (Å²) in [6.07, 6.45) is 0.316. The smallest absolute Gasteiger partial charge is 0.189 e. The Balaban J connectivity index is 2.12. The Morgan fingerprint density at radius 2 is 1.92 bits per heavy atom. The molecule has 0 radical (unpaired) electrons. The summed E-state index contributed by atoms with van der Waals surface area (Å²) >= 11 is 6.03. The first-order valence-electron chi connectivity index (χ1n) is 7.44. The predicted octanol–water partition coefficient (Wildman–Crippen LogP) is 4.19. The number of rotatable bonds is 0. The molecule has 7 heteroatoms. The summed E-state index contributed by atoms with van der Waals surface area (Å²) in [6, 6.07) is 6.41. The van der Waals surface area contributed by atoms with Gasteiger partial charge < -0.3 is 4.74 Å². The lowest BCUT2D eigenvalue weighted by Gasteiger charge is -2.29. The molecule has 0 aliphatic carbocycles. The molecule has 2 aromatic rings. The van der Waals surface area contributed by atoms with Gasteiger partial charge in [-0.15, -0.1) is 0 Å². The Morgan fingerprint density at radius 3 is 2.67 bits per heavy atom. The number of ether oxygens (including phenoxy) is 1. The van der Waals surface area contributed by atoms with Gasteiger partial charge in [-0.1, -0.05) is 11.6 Å². The van der Waals surface area contributed by atoms with Crippen LogP contribution < -0.4 is 4.74 Å². The van der Waals surface area contributed by atoms with E-state index in [2.05, 4.69) is 0 Å². The summed E-state index contributed by atoms with van der Waals surface area (Å²) in [6.45, 7) is 1.53. The molecular formula is C17H13ClF2O3S. The molecule has 0 N–H and O–H groups in total. The Labute approximate surface area is 143 Å². The highest BCUT2D eigenvalue weighted by Crippen LogP contribution is 2.59. The van der Waals surface area contributed by atoms with Gasteiger partial charge in [-0.25, -0.2) is 17.2 Å². The molecule has 0 saturated carbocycles. The maximum Gasteiger partial charge on any atom is 0.189 e. The molecule has 0 amide bonds. The molecule has 2 heterocycles. The van der Waals surface area contributed by atoms with Crippen LogP contribution >= 0.6 is 11.6 Å². The Morgan fingerprint density at radius 1 is 1.21 bits per heavy atom. The maximum absolute atomic E-state index is 14.6. The van der Waals surface area contributed by atoms with Crippen molar-refractivity contribution in [1.82, 2.24) is 0 Å². The van der Waals surface area contributed by atoms with Gasteiger partial charge in [0.1, 0.15) is 10.6 Å². The lowest BCUT2D eigenvalue weighted by atomic mass is 9.80. The van der Waals surface area contributed by atoms with Gasteiger partial charge in [0.2, 0.25) is 0 Å². The molecule has 2 aliphatic rings. The molecule has 2 aromatic carbocycles. The summed E-state index contributed by atoms with van der Waals surface area (Å²) in [5, 5.41) is 0.401. The lowest BCUT2D eigenvalue weighted by Crippen LogP contribution is -2.34. The highest BCUT2D eigenvalue weighted by Gasteiger charge is 2.59. The van der Waals surface area contributed by atoms with E-state index >= 15 is 0 Å². The van der Waals surface area contributed by atoms with Gasteiger partial charge in [0, 0.05) is 10.9 Å². The molecule has 0 bridgehead atoms. The van der Waals surface area contributed by atoms with E-state index < -0.39 is 32.1 Å². The SMILES string of the molecule is CC12c3c(F)ccc(F)c3OCCC1c1cc(Cl)ccc1S2(=O)=O. The topological polar surface area (TPSA) is 43.4 Å². The number of hydrogen-bond acceptors (Lipinski definition) is 3. The van der Waals surface area contributed by atoms with Crippen LogP contribution in [0.4, 0.5) is 8.78 Å². The largest absolute Gasteiger partial charge is 0.490 e. The van der Waals surface area contributed by atoms with Crippen LogP contribution in [0, 0.1) is 11.6 Å². The first-order chi connectivity index (χ1) is 11.3. The summed E-state index contributed by atoms with van der Waals surface area (Å²) in [7, 11) is -3.94. The second-order valence-electron chi connectivity index (χ2n) is 6.22. The third kappa shape index (κ3) is 1.78. The van der Waals surface area contributed by atoms with Crippen LogP contribution in [0.1, 0.15) is 30.4 Å². The van der Waals surface area contributed by atoms with Gasteiger partial charge in [0.15, 0.2) is 21.4 Å². The third-order valence-corrected chi connectivity index (χ3v) is 7.86. The molecule has 0 fully saturated rings. The van der Waals surface area contributed by atoms with Crippen molar-refractivity contribution in [3.63, 3.8) is 0 Å². The summed E-state index contributed by atoms with van der Waals surface area (Å²) in [4.78, 5) is 0.121. The molecule has 24 heavy (non-hydrogen) atoms. The van der Waals surface area contributed by atoms with E-state index in [4.69, 9.17) is 16.3 Å². The maximum atomic E-state index is 14.6. The summed E-state index contributed by atoms with van der Waals surface area (Å²) < 4.78 is 59.1. The van der Waals surface area contributed by atoms with Gasteiger partial charge in [-0.2, -0.15) is 0 Å². The normalized spacial score (nSPS) is 26.8. The second-order valence-corrected chi connectivity index (χ2v) is 8.95. The van der Waals surface area contributed by atoms with E-state index in [9.17, 15) is 17.2 Å². The fraction of sp³-hybridized carbons (Fsp3) is 0.294. The number of sulfone groups is 1. The Bertz CT molecular complexity index is 974. The van der Waals surface area contributed by atoms with Crippen molar-refractivity contribution in [1.29, 1.82) is 0 Å². The average molecular weight is 371 g/mol. The number of benzene rings is 2. The van der Waals surface area contributed by atoms with Crippen LogP contribution in [0.3, 0.4) is 0 Å². The van der Waals surface area contributed by atoms with Crippen LogP contribution in [-0.4, -0.2) is 15.0 Å². The van der Waals surface area contributed by atoms with Crippen molar-refractivity contribution in [3.05, 3.63) is 58.1 Å². The highest BCUT2D eigenvalue weighted by atomic mass is 35.5. The molecule has 0 spiro atoms. The zero-order valence-corrected chi connectivity index (χ0v) is 14.2. The standard InChI is InChI=1S/C17H13ClF2O3S/c1-17-11(10-8-9(18)2-5-14(10)24(17,21)22)6-7-23-16-13(20)4-3-12(19)15(16)17/h2-5,8,11H,6-7H2,1H3. The van der Waals surface area contributed by atoms with Crippen LogP contribution in [0.5, 0.6) is 5.75 Å². The molecule has 0 aromatic heterocycles. The minimum absolute atomic E-state index is 0.0924. The molecule has 126 valence electrons. The van der Waals surface area contributed by atoms with Gasteiger partial charge in [-0.3, -0.25) is 0 Å². The fourth-order valence-corrected chi connectivity index (χ4v) is 6.38. The Kier molecular flexibility index (Phi) is 3.25. The van der Waals surface area contributed by atoms with Crippen molar-refractivity contribution in [3.8, 4) is 5.75 Å². The van der Waals surface area contributed by atoms with Crippen molar-refractivity contribution < 1.29 is 21.9 Å². The lowest BCUT2D eigenvalue weighted by molar-refractivity contribution is 0.293. The predicted molar refractivity (Wildman–Crippen MR) is 85.2 cm³/mol. The van der Waals surface area contributed by atoms with E-state index in [1.807, 2.05) is 0 Å². The first-order valence-corrected chi connectivity index (χ1v) is 9.30. The van der Waals surface area contributed by atoms with Crippen LogP contribution in [-0.2, 0) is 14.6 Å². The average Bonchev–Trinajstić information content (AvgIpc) is 2.65. The molecule has 4 rings (SSSR count). The molecule has 3 nitrogen and oxygen atoms in total. The van der Waals surface area contributed by atoms with Crippen molar-refractivity contribution >= 4 is 21.4 Å². The van der Waals surface area contributed by atoms with E-state index in [0.29, 0.717) is 17.0 Å². The molecular weight excluding hydrogens is 358 g/mol. The van der Waals surface area contributed by atoms with Crippen molar-refractivity contribution in [2.24, 2.45) is 0 Å². The third-order valence-electron chi connectivity index (χ3n) is 5.07. The Hall–Kier alpha value is -1.66. The van der Waals surface area contributed by atoms with E-state index in [0.717, 1.165) is 12.1 Å². The van der Waals surface area contributed by atoms with E-state index in [-0.39, 0.29) is 22.8 Å². The molecule has 0 saturated heterocycles. The van der Waals surface area contributed by atoms with Crippen molar-refractivity contribution in [2.75, 3.05) is 6.61 Å². The van der Waals surface area contributed by atoms with Crippen LogP contribution in [0.15, 0.2) is 35.2 Å². The summed E-state index contributed by atoms with van der Waals surface area (Å²) in [5.74, 6) is -2.43. The zero-order valence-electron chi connectivity index (χ0n) is 12.6. The number of fused-ring (bicyclic) bond motifs is 5. The quantitative estimate of drug-likeness (QED) is 0.698. The summed E-state index contributed by atoms with van der Waals surface area (Å²) in [5.41, 5.74) is 0.294. The second kappa shape index (κ2) is 4.92.